The number of amides is 1. The molecular formula is C24H27ClF2N4O. The maximum absolute atomic E-state index is 14.8. The average molecular weight is 461 g/mol. The van der Waals surface area contributed by atoms with Crippen LogP contribution >= 0.6 is 11.6 Å². The van der Waals surface area contributed by atoms with Crippen LogP contribution in [0.25, 0.3) is 11.0 Å². The highest BCUT2D eigenvalue weighted by atomic mass is 35.5. The first-order valence-electron chi connectivity index (χ1n) is 10.9. The van der Waals surface area contributed by atoms with Crippen LogP contribution < -0.4 is 10.6 Å². The van der Waals surface area contributed by atoms with Crippen LogP contribution in [0.2, 0.25) is 5.02 Å². The van der Waals surface area contributed by atoms with Crippen molar-refractivity contribution in [3.8, 4) is 0 Å². The van der Waals surface area contributed by atoms with Gasteiger partial charge < -0.3 is 15.2 Å². The second kappa shape index (κ2) is 9.06. The molecule has 0 bridgehead atoms. The average Bonchev–Trinajstić information content (AvgIpc) is 3.05. The first-order chi connectivity index (χ1) is 15.2. The zero-order valence-electron chi connectivity index (χ0n) is 18.4. The number of aryl methyl sites for hydroxylation is 1. The molecule has 0 aliphatic heterocycles. The van der Waals surface area contributed by atoms with Crippen molar-refractivity contribution in [1.82, 2.24) is 14.9 Å². The van der Waals surface area contributed by atoms with Gasteiger partial charge in [-0.2, -0.15) is 0 Å². The highest BCUT2D eigenvalue weighted by Crippen LogP contribution is 2.31. The summed E-state index contributed by atoms with van der Waals surface area (Å²) in [5, 5.41) is 6.05. The van der Waals surface area contributed by atoms with E-state index >= 15 is 0 Å². The van der Waals surface area contributed by atoms with Crippen LogP contribution in [-0.2, 0) is 7.05 Å². The molecule has 8 heteroatoms. The van der Waals surface area contributed by atoms with E-state index in [-0.39, 0.29) is 28.3 Å². The third-order valence-electron chi connectivity index (χ3n) is 6.46. The molecule has 5 nitrogen and oxygen atoms in total. The quantitative estimate of drug-likeness (QED) is 0.477. The van der Waals surface area contributed by atoms with Crippen molar-refractivity contribution in [3.63, 3.8) is 0 Å². The lowest BCUT2D eigenvalue weighted by molar-refractivity contribution is 0.0914. The smallest absolute Gasteiger partial charge is 0.254 e. The molecule has 32 heavy (non-hydrogen) atoms. The Bertz CT molecular complexity index is 1130. The summed E-state index contributed by atoms with van der Waals surface area (Å²) in [5.74, 6) is 0.0225. The minimum Gasteiger partial charge on any atom is -0.349 e. The lowest BCUT2D eigenvalue weighted by Crippen LogP contribution is -2.38. The van der Waals surface area contributed by atoms with Gasteiger partial charge in [0, 0.05) is 19.2 Å². The number of hydrogen-bond acceptors (Lipinski definition) is 3. The number of hydrogen-bond donors (Lipinski definition) is 2. The Balaban J connectivity index is 1.55. The van der Waals surface area contributed by atoms with Gasteiger partial charge in [0.1, 0.15) is 11.6 Å². The van der Waals surface area contributed by atoms with E-state index in [9.17, 15) is 13.6 Å². The van der Waals surface area contributed by atoms with Crippen molar-refractivity contribution in [2.75, 3.05) is 5.32 Å². The molecule has 2 aromatic carbocycles. The zero-order chi connectivity index (χ0) is 23.0. The number of carbonyl (C=O) groups excluding carboxylic acids is 1. The molecule has 0 saturated heterocycles. The molecule has 0 unspecified atom stereocenters. The molecule has 170 valence electrons. The van der Waals surface area contributed by atoms with Gasteiger partial charge in [0.05, 0.1) is 27.3 Å². The van der Waals surface area contributed by atoms with E-state index in [0.717, 1.165) is 25.7 Å². The predicted molar refractivity (Wildman–Crippen MR) is 123 cm³/mol. The fourth-order valence-electron chi connectivity index (χ4n) is 4.42. The highest BCUT2D eigenvalue weighted by molar-refractivity contribution is 6.33. The largest absolute Gasteiger partial charge is 0.349 e. The van der Waals surface area contributed by atoms with Crippen LogP contribution in [0.4, 0.5) is 20.4 Å². The summed E-state index contributed by atoms with van der Waals surface area (Å²) < 4.78 is 30.6. The van der Waals surface area contributed by atoms with Crippen LogP contribution in [-0.4, -0.2) is 21.5 Å². The minimum absolute atomic E-state index is 0.0444. The van der Waals surface area contributed by atoms with Crippen LogP contribution in [0.1, 0.15) is 49.9 Å². The van der Waals surface area contributed by atoms with Crippen molar-refractivity contribution >= 4 is 40.2 Å². The molecule has 2 N–H and O–H groups in total. The maximum Gasteiger partial charge on any atom is 0.254 e. The predicted octanol–water partition coefficient (Wildman–Crippen LogP) is 6.19. The van der Waals surface area contributed by atoms with Gasteiger partial charge in [-0.1, -0.05) is 31.5 Å². The van der Waals surface area contributed by atoms with Gasteiger partial charge in [0.15, 0.2) is 0 Å². The number of carbonyl (C=O) groups is 1. The summed E-state index contributed by atoms with van der Waals surface area (Å²) in [6.45, 7) is 4.45. The van der Waals surface area contributed by atoms with E-state index < -0.39 is 17.5 Å². The number of rotatable bonds is 5. The second-order valence-electron chi connectivity index (χ2n) is 8.87. The van der Waals surface area contributed by atoms with Crippen molar-refractivity contribution in [3.05, 3.63) is 52.6 Å². The van der Waals surface area contributed by atoms with Crippen molar-refractivity contribution < 1.29 is 13.6 Å². The number of anilines is 2. The molecule has 1 aromatic heterocycles. The lowest BCUT2D eigenvalue weighted by atomic mass is 9.79. The Morgan fingerprint density at radius 3 is 2.53 bits per heavy atom. The Kier molecular flexibility index (Phi) is 6.38. The van der Waals surface area contributed by atoms with E-state index in [0.29, 0.717) is 22.9 Å². The summed E-state index contributed by atoms with van der Waals surface area (Å²) >= 11 is 6.09. The third-order valence-corrected chi connectivity index (χ3v) is 6.78. The molecule has 1 aliphatic rings. The number of aromatic nitrogens is 2. The molecule has 4 rings (SSSR count). The monoisotopic (exact) mass is 460 g/mol. The summed E-state index contributed by atoms with van der Waals surface area (Å²) in [5.41, 5.74) is 0.948. The molecule has 1 aliphatic carbocycles. The van der Waals surface area contributed by atoms with Crippen LogP contribution in [0, 0.1) is 23.5 Å². The molecule has 1 amide bonds. The number of nitrogens with one attached hydrogen (secondary N) is 2. The van der Waals surface area contributed by atoms with Crippen LogP contribution in [0.5, 0.6) is 0 Å². The number of halogens is 3. The minimum atomic E-state index is -0.621. The van der Waals surface area contributed by atoms with E-state index in [1.54, 1.807) is 17.7 Å². The SMILES string of the molecule is CC(C)[C@H]1CC[C@H](NC(=O)c2cc3nc(Nc4c(F)cccc4Cl)n(C)c3cc2F)CC1. The van der Waals surface area contributed by atoms with E-state index in [2.05, 4.69) is 29.5 Å². The number of fused-ring (bicyclic) bond motifs is 1. The number of benzene rings is 2. The van der Waals surface area contributed by atoms with E-state index in [1.807, 2.05) is 0 Å². The van der Waals surface area contributed by atoms with Gasteiger partial charge >= 0.3 is 0 Å². The standard InChI is InChI=1S/C24H27ClF2N4O/c1-13(2)14-7-9-15(10-8-14)28-23(32)16-11-20-21(12-19(16)27)31(3)24(29-20)30-22-17(25)5-4-6-18(22)26/h4-6,11-15H,7-10H2,1-3H3,(H,28,32)(H,29,30)/t14-,15-. The van der Waals surface area contributed by atoms with Gasteiger partial charge in [-0.3, -0.25) is 4.79 Å². The highest BCUT2D eigenvalue weighted by Gasteiger charge is 2.26. The molecule has 1 fully saturated rings. The Labute approximate surface area is 191 Å². The molecule has 0 radical (unpaired) electrons. The topological polar surface area (TPSA) is 59.0 Å². The van der Waals surface area contributed by atoms with Gasteiger partial charge in [-0.25, -0.2) is 13.8 Å². The molecule has 0 spiro atoms. The van der Waals surface area contributed by atoms with Crippen molar-refractivity contribution in [1.29, 1.82) is 0 Å². The van der Waals surface area contributed by atoms with Gasteiger partial charge in [-0.05, 0) is 55.7 Å². The van der Waals surface area contributed by atoms with Crippen molar-refractivity contribution in [2.45, 2.75) is 45.6 Å². The fraction of sp³-hybridized carbons (Fsp3) is 0.417. The summed E-state index contributed by atoms with van der Waals surface area (Å²) in [4.78, 5) is 17.2. The first-order valence-corrected chi connectivity index (χ1v) is 11.3. The van der Waals surface area contributed by atoms with Gasteiger partial charge in [0.2, 0.25) is 5.95 Å². The summed E-state index contributed by atoms with van der Waals surface area (Å²) in [6, 6.07) is 7.12. The van der Waals surface area contributed by atoms with Crippen LogP contribution in [0.3, 0.4) is 0 Å². The molecular weight excluding hydrogens is 434 g/mol. The molecule has 1 heterocycles. The number of nitrogens with zero attached hydrogens (tertiary/aromatic N) is 2. The number of para-hydroxylation sites is 1. The first kappa shape index (κ1) is 22.5. The lowest BCUT2D eigenvalue weighted by Gasteiger charge is -2.31. The Morgan fingerprint density at radius 1 is 1.16 bits per heavy atom. The van der Waals surface area contributed by atoms with Crippen molar-refractivity contribution in [2.24, 2.45) is 18.9 Å². The maximum atomic E-state index is 14.8. The van der Waals surface area contributed by atoms with E-state index in [4.69, 9.17) is 11.6 Å². The Hall–Kier alpha value is -2.67. The Morgan fingerprint density at radius 2 is 1.88 bits per heavy atom. The summed E-state index contributed by atoms with van der Waals surface area (Å²) in [7, 11) is 1.68. The van der Waals surface area contributed by atoms with Crippen LogP contribution in [0.15, 0.2) is 30.3 Å². The summed E-state index contributed by atoms with van der Waals surface area (Å²) in [6.07, 6.45) is 3.94. The van der Waals surface area contributed by atoms with E-state index in [1.165, 1.54) is 24.3 Å². The third kappa shape index (κ3) is 4.44. The fourth-order valence-corrected chi connectivity index (χ4v) is 4.63. The molecule has 3 aromatic rings. The molecule has 0 atom stereocenters. The van der Waals surface area contributed by atoms with Gasteiger partial charge in [0.25, 0.3) is 5.91 Å². The normalized spacial score (nSPS) is 18.8. The second-order valence-corrected chi connectivity index (χ2v) is 9.27. The molecule has 1 saturated carbocycles. The van der Waals surface area contributed by atoms with Gasteiger partial charge in [-0.15, -0.1) is 0 Å². The number of imidazole rings is 1. The zero-order valence-corrected chi connectivity index (χ0v) is 19.1.